The van der Waals surface area contributed by atoms with E-state index < -0.39 is 0 Å². The minimum atomic E-state index is -0.227. The number of hydrogen-bond acceptors (Lipinski definition) is 4. The summed E-state index contributed by atoms with van der Waals surface area (Å²) >= 11 is 1.10. The standard InChI is InChI=1S/C19H16N4O2S/c1-13-11-26-19(25)22(13)10-18(24)21-14-6-8-15(9-7-14)23-12-20-16-4-2-3-5-17(16)23/h2-9,11-12H,10H2,1H3,(H,21,24). The summed E-state index contributed by atoms with van der Waals surface area (Å²) in [4.78, 5) is 28.2. The van der Waals surface area contributed by atoms with Gasteiger partial charge in [0.05, 0.1) is 11.0 Å². The Kier molecular flexibility index (Phi) is 4.14. The number of aromatic nitrogens is 3. The molecular weight excluding hydrogens is 348 g/mol. The largest absolute Gasteiger partial charge is 0.325 e. The van der Waals surface area contributed by atoms with Crippen molar-refractivity contribution < 1.29 is 4.79 Å². The van der Waals surface area contributed by atoms with Gasteiger partial charge in [-0.15, -0.1) is 0 Å². The number of anilines is 1. The Bertz CT molecular complexity index is 1140. The number of nitrogens with zero attached hydrogens (tertiary/aromatic N) is 3. The number of aryl methyl sites for hydroxylation is 1. The highest BCUT2D eigenvalue weighted by molar-refractivity contribution is 7.07. The number of hydrogen-bond donors (Lipinski definition) is 1. The number of fused-ring (bicyclic) bond motifs is 1. The van der Waals surface area contributed by atoms with Gasteiger partial charge in [0.2, 0.25) is 5.91 Å². The smallest absolute Gasteiger partial charge is 0.307 e. The zero-order valence-corrected chi connectivity index (χ0v) is 14.9. The third kappa shape index (κ3) is 3.04. The zero-order valence-electron chi connectivity index (χ0n) is 14.0. The molecule has 6 nitrogen and oxygen atoms in total. The van der Waals surface area contributed by atoms with Crippen molar-refractivity contribution in [2.75, 3.05) is 5.32 Å². The second-order valence-electron chi connectivity index (χ2n) is 5.93. The van der Waals surface area contributed by atoms with Gasteiger partial charge in [0.25, 0.3) is 0 Å². The van der Waals surface area contributed by atoms with Crippen LogP contribution in [-0.2, 0) is 11.3 Å². The van der Waals surface area contributed by atoms with E-state index in [1.807, 2.05) is 60.0 Å². The molecule has 0 aliphatic rings. The van der Waals surface area contributed by atoms with Gasteiger partial charge in [-0.1, -0.05) is 23.5 Å². The van der Waals surface area contributed by atoms with Crippen molar-refractivity contribution in [3.63, 3.8) is 0 Å². The molecule has 0 bridgehead atoms. The van der Waals surface area contributed by atoms with Crippen LogP contribution in [0.2, 0.25) is 0 Å². The maximum absolute atomic E-state index is 12.2. The van der Waals surface area contributed by atoms with Crippen LogP contribution >= 0.6 is 11.3 Å². The number of carbonyl (C=O) groups is 1. The lowest BCUT2D eigenvalue weighted by Gasteiger charge is -2.09. The molecule has 0 aliphatic heterocycles. The molecule has 1 N–H and O–H groups in total. The molecule has 0 fully saturated rings. The highest BCUT2D eigenvalue weighted by Crippen LogP contribution is 2.19. The predicted octanol–water partition coefficient (Wildman–Crippen LogP) is 3.20. The normalized spacial score (nSPS) is 11.0. The van der Waals surface area contributed by atoms with Gasteiger partial charge in [0.1, 0.15) is 12.9 Å². The van der Waals surface area contributed by atoms with E-state index in [2.05, 4.69) is 10.3 Å². The van der Waals surface area contributed by atoms with Crippen molar-refractivity contribution in [1.29, 1.82) is 0 Å². The molecule has 7 heteroatoms. The van der Waals surface area contributed by atoms with Crippen molar-refractivity contribution in [3.05, 3.63) is 75.6 Å². The average Bonchev–Trinajstić information content (AvgIpc) is 3.21. The SMILES string of the molecule is Cc1csc(=O)n1CC(=O)Nc1ccc(-n2cnc3ccccc32)cc1. The summed E-state index contributed by atoms with van der Waals surface area (Å²) in [5, 5.41) is 4.58. The first-order valence-electron chi connectivity index (χ1n) is 8.09. The van der Waals surface area contributed by atoms with E-state index in [4.69, 9.17) is 0 Å². The van der Waals surface area contributed by atoms with Crippen LogP contribution in [-0.4, -0.2) is 20.0 Å². The second kappa shape index (κ2) is 6.61. The molecule has 130 valence electrons. The van der Waals surface area contributed by atoms with Crippen LogP contribution in [0, 0.1) is 6.92 Å². The van der Waals surface area contributed by atoms with Crippen LogP contribution in [0.1, 0.15) is 5.69 Å². The van der Waals surface area contributed by atoms with E-state index in [-0.39, 0.29) is 17.3 Å². The third-order valence-electron chi connectivity index (χ3n) is 4.16. The maximum Gasteiger partial charge on any atom is 0.307 e. The summed E-state index contributed by atoms with van der Waals surface area (Å²) in [6.07, 6.45) is 1.78. The van der Waals surface area contributed by atoms with Gasteiger partial charge in [0.15, 0.2) is 0 Å². The van der Waals surface area contributed by atoms with Crippen molar-refractivity contribution in [2.24, 2.45) is 0 Å². The van der Waals surface area contributed by atoms with E-state index >= 15 is 0 Å². The van der Waals surface area contributed by atoms with E-state index in [0.29, 0.717) is 5.69 Å². The van der Waals surface area contributed by atoms with E-state index in [0.717, 1.165) is 33.8 Å². The van der Waals surface area contributed by atoms with Gasteiger partial charge in [0, 0.05) is 22.4 Å². The minimum Gasteiger partial charge on any atom is -0.325 e. The van der Waals surface area contributed by atoms with Crippen molar-refractivity contribution in [3.8, 4) is 5.69 Å². The highest BCUT2D eigenvalue weighted by Gasteiger charge is 2.09. The fourth-order valence-electron chi connectivity index (χ4n) is 2.81. The second-order valence-corrected chi connectivity index (χ2v) is 6.75. The molecule has 0 unspecified atom stereocenters. The Labute approximate surface area is 153 Å². The fraction of sp³-hybridized carbons (Fsp3) is 0.105. The fourth-order valence-corrected chi connectivity index (χ4v) is 3.54. The summed E-state index contributed by atoms with van der Waals surface area (Å²) in [6.45, 7) is 1.83. The number of amides is 1. The van der Waals surface area contributed by atoms with Crippen molar-refractivity contribution in [1.82, 2.24) is 14.1 Å². The van der Waals surface area contributed by atoms with Crippen LogP contribution in [0.15, 0.2) is 65.0 Å². The lowest BCUT2D eigenvalue weighted by molar-refractivity contribution is -0.116. The zero-order chi connectivity index (χ0) is 18.1. The monoisotopic (exact) mass is 364 g/mol. The van der Waals surface area contributed by atoms with Gasteiger partial charge in [-0.05, 0) is 43.3 Å². The summed E-state index contributed by atoms with van der Waals surface area (Å²) in [5.74, 6) is -0.227. The van der Waals surface area contributed by atoms with Gasteiger partial charge < -0.3 is 5.32 Å². The number of imidazole rings is 1. The number of nitrogens with one attached hydrogen (secondary N) is 1. The number of rotatable bonds is 4. The average molecular weight is 364 g/mol. The first kappa shape index (κ1) is 16.3. The number of benzene rings is 2. The Balaban J connectivity index is 1.51. The molecule has 4 aromatic rings. The Morgan fingerprint density at radius 1 is 1.15 bits per heavy atom. The molecule has 2 heterocycles. The third-order valence-corrected chi connectivity index (χ3v) is 5.04. The minimum absolute atomic E-state index is 0.0159. The molecule has 1 amide bonds. The summed E-state index contributed by atoms with van der Waals surface area (Å²) in [5.41, 5.74) is 4.39. The highest BCUT2D eigenvalue weighted by atomic mass is 32.1. The molecule has 26 heavy (non-hydrogen) atoms. The Hall–Kier alpha value is -3.19. The maximum atomic E-state index is 12.2. The molecule has 0 saturated heterocycles. The lowest BCUT2D eigenvalue weighted by atomic mass is 10.2. The molecular formula is C19H16N4O2S. The first-order valence-corrected chi connectivity index (χ1v) is 8.97. The van der Waals surface area contributed by atoms with Crippen LogP contribution < -0.4 is 10.2 Å². The molecule has 0 atom stereocenters. The predicted molar refractivity (Wildman–Crippen MR) is 103 cm³/mol. The van der Waals surface area contributed by atoms with Gasteiger partial charge in [-0.25, -0.2) is 4.98 Å². The number of carbonyl (C=O) groups excluding carboxylic acids is 1. The summed E-state index contributed by atoms with van der Waals surface area (Å²) < 4.78 is 3.46. The quantitative estimate of drug-likeness (QED) is 0.605. The molecule has 2 aromatic heterocycles. The van der Waals surface area contributed by atoms with Crippen molar-refractivity contribution in [2.45, 2.75) is 13.5 Å². The van der Waals surface area contributed by atoms with Crippen LogP contribution in [0.5, 0.6) is 0 Å². The molecule has 2 aromatic carbocycles. The molecule has 0 saturated carbocycles. The van der Waals surface area contributed by atoms with Gasteiger partial charge in [-0.3, -0.25) is 18.7 Å². The first-order chi connectivity index (χ1) is 12.6. The molecule has 4 rings (SSSR count). The van der Waals surface area contributed by atoms with E-state index in [1.165, 1.54) is 4.57 Å². The number of para-hydroxylation sites is 2. The Morgan fingerprint density at radius 2 is 1.92 bits per heavy atom. The summed E-state index contributed by atoms with van der Waals surface area (Å²) in [6, 6.07) is 15.4. The Morgan fingerprint density at radius 3 is 2.65 bits per heavy atom. The summed E-state index contributed by atoms with van der Waals surface area (Å²) in [7, 11) is 0. The molecule has 0 aliphatic carbocycles. The number of thiazole rings is 1. The van der Waals surface area contributed by atoms with Gasteiger partial charge >= 0.3 is 4.87 Å². The van der Waals surface area contributed by atoms with E-state index in [9.17, 15) is 9.59 Å². The van der Waals surface area contributed by atoms with Crippen LogP contribution in [0.4, 0.5) is 5.69 Å². The lowest BCUT2D eigenvalue weighted by Crippen LogP contribution is -2.25. The van der Waals surface area contributed by atoms with Gasteiger partial charge in [-0.2, -0.15) is 0 Å². The van der Waals surface area contributed by atoms with Crippen LogP contribution in [0.3, 0.4) is 0 Å². The van der Waals surface area contributed by atoms with Crippen LogP contribution in [0.25, 0.3) is 16.7 Å². The topological polar surface area (TPSA) is 68.9 Å². The molecule has 0 spiro atoms. The van der Waals surface area contributed by atoms with Crippen molar-refractivity contribution >= 4 is 34.0 Å². The van der Waals surface area contributed by atoms with E-state index in [1.54, 1.807) is 11.7 Å². The molecule has 0 radical (unpaired) electrons.